The molecule has 1 amide bonds. The van der Waals surface area contributed by atoms with Crippen LogP contribution in [0.1, 0.15) is 27.4 Å². The number of furan rings is 1. The lowest BCUT2D eigenvalue weighted by molar-refractivity contribution is 0.0938. The van der Waals surface area contributed by atoms with Crippen molar-refractivity contribution in [2.45, 2.75) is 20.4 Å². The molecule has 1 N–H and O–H groups in total. The minimum Gasteiger partial charge on any atom is -0.467 e. The van der Waals surface area contributed by atoms with E-state index >= 15 is 0 Å². The van der Waals surface area contributed by atoms with E-state index in [4.69, 9.17) is 4.42 Å². The van der Waals surface area contributed by atoms with Gasteiger partial charge < -0.3 is 9.73 Å². The molecule has 0 atom stereocenters. The highest BCUT2D eigenvalue weighted by molar-refractivity contribution is 5.93. The standard InChI is InChI=1S/C18H19N3O2/c1-12-6-7-14(9-13(12)2)16-10-17(21(3)20-16)18(22)19-11-15-5-4-8-23-15/h4-10H,11H2,1-3H3,(H,19,22). The summed E-state index contributed by atoms with van der Waals surface area (Å²) < 4.78 is 6.81. The van der Waals surface area contributed by atoms with Crippen LogP contribution in [0.2, 0.25) is 0 Å². The topological polar surface area (TPSA) is 60.1 Å². The Labute approximate surface area is 134 Å². The number of aromatic nitrogens is 2. The van der Waals surface area contributed by atoms with E-state index in [1.165, 1.54) is 11.1 Å². The van der Waals surface area contributed by atoms with Gasteiger partial charge >= 0.3 is 0 Å². The van der Waals surface area contributed by atoms with Gasteiger partial charge in [-0.1, -0.05) is 12.1 Å². The van der Waals surface area contributed by atoms with Crippen molar-refractivity contribution in [2.24, 2.45) is 7.05 Å². The summed E-state index contributed by atoms with van der Waals surface area (Å²) in [7, 11) is 1.77. The second-order valence-electron chi connectivity index (χ2n) is 5.60. The van der Waals surface area contributed by atoms with Crippen molar-refractivity contribution < 1.29 is 9.21 Å². The minimum atomic E-state index is -0.175. The Morgan fingerprint density at radius 3 is 2.74 bits per heavy atom. The van der Waals surface area contributed by atoms with E-state index in [9.17, 15) is 4.79 Å². The normalized spacial score (nSPS) is 10.7. The van der Waals surface area contributed by atoms with Gasteiger partial charge in [0.15, 0.2) is 0 Å². The maximum Gasteiger partial charge on any atom is 0.269 e. The number of rotatable bonds is 4. The molecule has 3 rings (SSSR count). The molecule has 0 saturated heterocycles. The van der Waals surface area contributed by atoms with Crippen LogP contribution in [0.15, 0.2) is 47.1 Å². The zero-order valence-electron chi connectivity index (χ0n) is 13.5. The van der Waals surface area contributed by atoms with Crippen molar-refractivity contribution >= 4 is 5.91 Å². The maximum atomic E-state index is 12.3. The predicted octanol–water partition coefficient (Wildman–Crippen LogP) is 3.23. The zero-order valence-corrected chi connectivity index (χ0v) is 13.5. The van der Waals surface area contributed by atoms with Gasteiger partial charge in [-0.3, -0.25) is 9.48 Å². The van der Waals surface area contributed by atoms with Crippen LogP contribution in [-0.2, 0) is 13.6 Å². The van der Waals surface area contributed by atoms with Crippen LogP contribution in [0.3, 0.4) is 0 Å². The Bertz CT molecular complexity index is 832. The first-order valence-electron chi connectivity index (χ1n) is 7.47. The van der Waals surface area contributed by atoms with E-state index < -0.39 is 0 Å². The molecule has 0 aliphatic heterocycles. The first-order chi connectivity index (χ1) is 11.0. The average Bonchev–Trinajstić information content (AvgIpc) is 3.17. The predicted molar refractivity (Wildman–Crippen MR) is 88.0 cm³/mol. The molecule has 0 bridgehead atoms. The van der Waals surface area contributed by atoms with Crippen LogP contribution >= 0.6 is 0 Å². The molecule has 0 saturated carbocycles. The molecular weight excluding hydrogens is 290 g/mol. The fourth-order valence-electron chi connectivity index (χ4n) is 2.39. The van der Waals surface area contributed by atoms with Crippen LogP contribution in [0.4, 0.5) is 0 Å². The van der Waals surface area contributed by atoms with Gasteiger partial charge in [-0.15, -0.1) is 0 Å². The third-order valence-electron chi connectivity index (χ3n) is 3.92. The molecule has 1 aromatic carbocycles. The number of carbonyl (C=O) groups is 1. The lowest BCUT2D eigenvalue weighted by Gasteiger charge is -2.02. The first kappa shape index (κ1) is 15.1. The second kappa shape index (κ2) is 6.12. The van der Waals surface area contributed by atoms with E-state index in [0.29, 0.717) is 12.2 Å². The Morgan fingerprint density at radius 2 is 2.04 bits per heavy atom. The van der Waals surface area contributed by atoms with Gasteiger partial charge in [0.05, 0.1) is 18.5 Å². The minimum absolute atomic E-state index is 0.175. The van der Waals surface area contributed by atoms with Crippen LogP contribution in [-0.4, -0.2) is 15.7 Å². The molecule has 118 valence electrons. The van der Waals surface area contributed by atoms with Crippen molar-refractivity contribution in [3.05, 3.63) is 65.2 Å². The molecule has 0 spiro atoms. The van der Waals surface area contributed by atoms with E-state index in [1.54, 1.807) is 24.1 Å². The van der Waals surface area contributed by atoms with Crippen LogP contribution in [0.5, 0.6) is 0 Å². The van der Waals surface area contributed by atoms with Gasteiger partial charge in [0.2, 0.25) is 0 Å². The lowest BCUT2D eigenvalue weighted by Crippen LogP contribution is -2.24. The second-order valence-corrected chi connectivity index (χ2v) is 5.60. The number of carbonyl (C=O) groups excluding carboxylic acids is 1. The summed E-state index contributed by atoms with van der Waals surface area (Å²) in [5.74, 6) is 0.543. The fraction of sp³-hybridized carbons (Fsp3) is 0.222. The highest BCUT2D eigenvalue weighted by Gasteiger charge is 2.14. The molecule has 5 nitrogen and oxygen atoms in total. The van der Waals surface area contributed by atoms with Gasteiger partial charge in [-0.25, -0.2) is 0 Å². The zero-order chi connectivity index (χ0) is 16.4. The van der Waals surface area contributed by atoms with Crippen LogP contribution in [0.25, 0.3) is 11.3 Å². The number of hydrogen-bond donors (Lipinski definition) is 1. The Balaban J connectivity index is 1.79. The third-order valence-corrected chi connectivity index (χ3v) is 3.92. The van der Waals surface area contributed by atoms with Gasteiger partial charge in [0.1, 0.15) is 11.5 Å². The number of hydrogen-bond acceptors (Lipinski definition) is 3. The fourth-order valence-corrected chi connectivity index (χ4v) is 2.39. The average molecular weight is 309 g/mol. The van der Waals surface area contributed by atoms with Crippen molar-refractivity contribution in [3.8, 4) is 11.3 Å². The van der Waals surface area contributed by atoms with E-state index in [0.717, 1.165) is 17.0 Å². The number of nitrogens with zero attached hydrogens (tertiary/aromatic N) is 2. The molecule has 2 aromatic heterocycles. The molecule has 0 unspecified atom stereocenters. The summed E-state index contributed by atoms with van der Waals surface area (Å²) in [5.41, 5.74) is 4.76. The van der Waals surface area contributed by atoms with Crippen molar-refractivity contribution in [1.29, 1.82) is 0 Å². The van der Waals surface area contributed by atoms with Crippen LogP contribution in [0, 0.1) is 13.8 Å². The Morgan fingerprint density at radius 1 is 1.22 bits per heavy atom. The van der Waals surface area contributed by atoms with E-state index in [1.807, 2.05) is 18.2 Å². The SMILES string of the molecule is Cc1ccc(-c2cc(C(=O)NCc3ccco3)n(C)n2)cc1C. The molecule has 0 radical (unpaired) electrons. The molecule has 0 aliphatic carbocycles. The summed E-state index contributed by atoms with van der Waals surface area (Å²) in [4.78, 5) is 12.3. The summed E-state index contributed by atoms with van der Waals surface area (Å²) >= 11 is 0. The first-order valence-corrected chi connectivity index (χ1v) is 7.47. The molecule has 3 aromatic rings. The van der Waals surface area contributed by atoms with Crippen molar-refractivity contribution in [2.75, 3.05) is 0 Å². The quantitative estimate of drug-likeness (QED) is 0.805. The summed E-state index contributed by atoms with van der Waals surface area (Å²) in [6.07, 6.45) is 1.59. The molecular formula is C18H19N3O2. The molecule has 2 heterocycles. The molecule has 23 heavy (non-hydrogen) atoms. The Hall–Kier alpha value is -2.82. The van der Waals surface area contributed by atoms with Gasteiger partial charge in [0, 0.05) is 12.6 Å². The highest BCUT2D eigenvalue weighted by Crippen LogP contribution is 2.21. The maximum absolute atomic E-state index is 12.3. The highest BCUT2D eigenvalue weighted by atomic mass is 16.3. The molecule has 5 heteroatoms. The summed E-state index contributed by atoms with van der Waals surface area (Å²) in [6, 6.07) is 11.6. The van der Waals surface area contributed by atoms with E-state index in [2.05, 4.69) is 36.4 Å². The third kappa shape index (κ3) is 3.18. The summed E-state index contributed by atoms with van der Waals surface area (Å²) in [6.45, 7) is 4.50. The smallest absolute Gasteiger partial charge is 0.269 e. The summed E-state index contributed by atoms with van der Waals surface area (Å²) in [5, 5.41) is 7.28. The van der Waals surface area contributed by atoms with Crippen molar-refractivity contribution in [3.63, 3.8) is 0 Å². The van der Waals surface area contributed by atoms with Gasteiger partial charge in [0.25, 0.3) is 5.91 Å². The largest absolute Gasteiger partial charge is 0.467 e. The van der Waals surface area contributed by atoms with Crippen LogP contribution < -0.4 is 5.32 Å². The monoisotopic (exact) mass is 309 g/mol. The van der Waals surface area contributed by atoms with Gasteiger partial charge in [-0.05, 0) is 49.2 Å². The number of amides is 1. The Kier molecular flexibility index (Phi) is 4.02. The van der Waals surface area contributed by atoms with E-state index in [-0.39, 0.29) is 5.91 Å². The number of aryl methyl sites for hydroxylation is 3. The van der Waals surface area contributed by atoms with Gasteiger partial charge in [-0.2, -0.15) is 5.10 Å². The van der Waals surface area contributed by atoms with Crippen molar-refractivity contribution in [1.82, 2.24) is 15.1 Å². The number of benzene rings is 1. The molecule has 0 aliphatic rings. The number of nitrogens with one attached hydrogen (secondary N) is 1. The lowest BCUT2D eigenvalue weighted by atomic mass is 10.0. The molecule has 0 fully saturated rings.